The standard InChI is InChI=1S/C13H18O/c1-9(2)11-8-12(11)10-6-4-5-7-13(10)14-3/h4-7,9,11-12H,8H2,1-3H3/t11-,12-/m1/s1. The molecule has 14 heavy (non-hydrogen) atoms. The summed E-state index contributed by atoms with van der Waals surface area (Å²) in [5.41, 5.74) is 1.40. The van der Waals surface area contributed by atoms with Crippen LogP contribution in [-0.2, 0) is 0 Å². The van der Waals surface area contributed by atoms with E-state index in [2.05, 4.69) is 32.0 Å². The van der Waals surface area contributed by atoms with Gasteiger partial charge < -0.3 is 4.74 Å². The fourth-order valence-electron chi connectivity index (χ4n) is 2.28. The minimum atomic E-state index is 0.742. The van der Waals surface area contributed by atoms with Crippen molar-refractivity contribution in [1.29, 1.82) is 0 Å². The molecule has 0 N–H and O–H groups in total. The molecule has 0 bridgehead atoms. The van der Waals surface area contributed by atoms with Gasteiger partial charge in [0.05, 0.1) is 7.11 Å². The average Bonchev–Trinajstić information content (AvgIpc) is 2.97. The molecule has 0 saturated heterocycles. The quantitative estimate of drug-likeness (QED) is 0.709. The highest BCUT2D eigenvalue weighted by molar-refractivity contribution is 5.39. The maximum atomic E-state index is 5.37. The van der Waals surface area contributed by atoms with Crippen LogP contribution >= 0.6 is 0 Å². The molecule has 0 amide bonds. The van der Waals surface area contributed by atoms with Crippen molar-refractivity contribution in [3.63, 3.8) is 0 Å². The van der Waals surface area contributed by atoms with E-state index in [-0.39, 0.29) is 0 Å². The van der Waals surface area contributed by atoms with Crippen LogP contribution < -0.4 is 4.74 Å². The summed E-state index contributed by atoms with van der Waals surface area (Å²) in [4.78, 5) is 0. The molecular formula is C13H18O. The Balaban J connectivity index is 2.18. The summed E-state index contributed by atoms with van der Waals surface area (Å²) in [5.74, 6) is 3.46. The van der Waals surface area contributed by atoms with Crippen molar-refractivity contribution in [3.8, 4) is 5.75 Å². The largest absolute Gasteiger partial charge is 0.496 e. The topological polar surface area (TPSA) is 9.23 Å². The zero-order chi connectivity index (χ0) is 10.1. The van der Waals surface area contributed by atoms with Gasteiger partial charge in [0.1, 0.15) is 5.75 Å². The first-order chi connectivity index (χ1) is 6.74. The number of hydrogen-bond donors (Lipinski definition) is 0. The second-order valence-electron chi connectivity index (χ2n) is 4.49. The van der Waals surface area contributed by atoms with Gasteiger partial charge in [0, 0.05) is 0 Å². The molecule has 0 aliphatic heterocycles. The second kappa shape index (κ2) is 3.64. The molecule has 1 aromatic carbocycles. The molecule has 0 aromatic heterocycles. The lowest BCUT2D eigenvalue weighted by molar-refractivity contribution is 0.408. The van der Waals surface area contributed by atoms with E-state index in [1.165, 1.54) is 12.0 Å². The molecule has 2 rings (SSSR count). The van der Waals surface area contributed by atoms with E-state index in [4.69, 9.17) is 4.74 Å². The summed E-state index contributed by atoms with van der Waals surface area (Å²) in [5, 5.41) is 0. The highest BCUT2D eigenvalue weighted by atomic mass is 16.5. The molecule has 0 unspecified atom stereocenters. The van der Waals surface area contributed by atoms with Gasteiger partial charge in [-0.2, -0.15) is 0 Å². The fourth-order valence-corrected chi connectivity index (χ4v) is 2.28. The first-order valence-electron chi connectivity index (χ1n) is 5.37. The zero-order valence-corrected chi connectivity index (χ0v) is 9.16. The van der Waals surface area contributed by atoms with E-state index in [0.29, 0.717) is 0 Å². The molecule has 1 aliphatic rings. The Hall–Kier alpha value is -0.980. The Labute approximate surface area is 86.1 Å². The maximum absolute atomic E-state index is 5.37. The van der Waals surface area contributed by atoms with Crippen LogP contribution in [0.5, 0.6) is 5.75 Å². The predicted molar refractivity (Wildman–Crippen MR) is 58.7 cm³/mol. The molecule has 76 valence electrons. The van der Waals surface area contributed by atoms with Crippen LogP contribution in [0.4, 0.5) is 0 Å². The second-order valence-corrected chi connectivity index (χ2v) is 4.49. The van der Waals surface area contributed by atoms with Crippen LogP contribution in [0.25, 0.3) is 0 Å². The number of benzene rings is 1. The summed E-state index contributed by atoms with van der Waals surface area (Å²) in [7, 11) is 1.76. The molecule has 0 heterocycles. The lowest BCUT2D eigenvalue weighted by Crippen LogP contribution is -1.94. The zero-order valence-electron chi connectivity index (χ0n) is 9.16. The molecule has 1 nitrogen and oxygen atoms in total. The molecule has 1 aliphatic carbocycles. The van der Waals surface area contributed by atoms with Crippen LogP contribution in [0.15, 0.2) is 24.3 Å². The van der Waals surface area contributed by atoms with Gasteiger partial charge in [-0.15, -0.1) is 0 Å². The summed E-state index contributed by atoms with van der Waals surface area (Å²) in [6, 6.07) is 8.40. The van der Waals surface area contributed by atoms with Gasteiger partial charge in [-0.25, -0.2) is 0 Å². The highest BCUT2D eigenvalue weighted by Gasteiger charge is 2.41. The Kier molecular flexibility index (Phi) is 2.49. The van der Waals surface area contributed by atoms with E-state index in [9.17, 15) is 0 Å². The van der Waals surface area contributed by atoms with Crippen LogP contribution in [0.3, 0.4) is 0 Å². The summed E-state index contributed by atoms with van der Waals surface area (Å²) in [6.07, 6.45) is 1.33. The number of ether oxygens (including phenoxy) is 1. The van der Waals surface area contributed by atoms with Gasteiger partial charge in [0.15, 0.2) is 0 Å². The smallest absolute Gasteiger partial charge is 0.122 e. The molecule has 2 atom stereocenters. The van der Waals surface area contributed by atoms with Crippen molar-refractivity contribution < 1.29 is 4.74 Å². The molecule has 1 saturated carbocycles. The SMILES string of the molecule is COc1ccccc1[C@H]1C[C@@H]1C(C)C. The Morgan fingerprint density at radius 1 is 1.29 bits per heavy atom. The minimum absolute atomic E-state index is 0.742. The first kappa shape index (κ1) is 9.57. The van der Waals surface area contributed by atoms with E-state index in [1.807, 2.05) is 6.07 Å². The molecule has 1 fully saturated rings. The number of rotatable bonds is 3. The normalized spacial score (nSPS) is 25.1. The van der Waals surface area contributed by atoms with Gasteiger partial charge in [-0.1, -0.05) is 32.0 Å². The van der Waals surface area contributed by atoms with Gasteiger partial charge in [-0.3, -0.25) is 0 Å². The molecule has 0 radical (unpaired) electrons. The number of para-hydroxylation sites is 1. The minimum Gasteiger partial charge on any atom is -0.496 e. The maximum Gasteiger partial charge on any atom is 0.122 e. The fraction of sp³-hybridized carbons (Fsp3) is 0.538. The number of methoxy groups -OCH3 is 1. The third-order valence-electron chi connectivity index (χ3n) is 3.23. The van der Waals surface area contributed by atoms with Crippen LogP contribution in [0.2, 0.25) is 0 Å². The summed E-state index contributed by atoms with van der Waals surface area (Å²) >= 11 is 0. The lowest BCUT2D eigenvalue weighted by atomic mass is 10.0. The third-order valence-corrected chi connectivity index (χ3v) is 3.23. The van der Waals surface area contributed by atoms with Gasteiger partial charge >= 0.3 is 0 Å². The lowest BCUT2D eigenvalue weighted by Gasteiger charge is -2.08. The highest BCUT2D eigenvalue weighted by Crippen LogP contribution is 2.53. The van der Waals surface area contributed by atoms with Crippen LogP contribution in [0.1, 0.15) is 31.7 Å². The van der Waals surface area contributed by atoms with Crippen molar-refractivity contribution in [1.82, 2.24) is 0 Å². The Morgan fingerprint density at radius 2 is 2.00 bits per heavy atom. The first-order valence-corrected chi connectivity index (χ1v) is 5.37. The van der Waals surface area contributed by atoms with Crippen molar-refractivity contribution in [2.24, 2.45) is 11.8 Å². The van der Waals surface area contributed by atoms with E-state index in [1.54, 1.807) is 7.11 Å². The number of hydrogen-bond acceptors (Lipinski definition) is 1. The van der Waals surface area contributed by atoms with Crippen LogP contribution in [-0.4, -0.2) is 7.11 Å². The monoisotopic (exact) mass is 190 g/mol. The average molecular weight is 190 g/mol. The van der Waals surface area contributed by atoms with E-state index in [0.717, 1.165) is 23.5 Å². The molecule has 0 spiro atoms. The predicted octanol–water partition coefficient (Wildman–Crippen LogP) is 3.45. The third kappa shape index (κ3) is 1.63. The van der Waals surface area contributed by atoms with Gasteiger partial charge in [-0.05, 0) is 35.8 Å². The van der Waals surface area contributed by atoms with Crippen molar-refractivity contribution >= 4 is 0 Å². The summed E-state index contributed by atoms with van der Waals surface area (Å²) in [6.45, 7) is 4.61. The molecule has 1 heteroatoms. The van der Waals surface area contributed by atoms with Gasteiger partial charge in [0.25, 0.3) is 0 Å². The molecular weight excluding hydrogens is 172 g/mol. The van der Waals surface area contributed by atoms with Crippen molar-refractivity contribution in [2.45, 2.75) is 26.2 Å². The summed E-state index contributed by atoms with van der Waals surface area (Å²) < 4.78 is 5.37. The van der Waals surface area contributed by atoms with Crippen LogP contribution in [0, 0.1) is 11.8 Å². The van der Waals surface area contributed by atoms with E-state index >= 15 is 0 Å². The Morgan fingerprint density at radius 3 is 2.57 bits per heavy atom. The molecule has 1 aromatic rings. The van der Waals surface area contributed by atoms with Crippen molar-refractivity contribution in [3.05, 3.63) is 29.8 Å². The Bertz CT molecular complexity index is 317. The van der Waals surface area contributed by atoms with E-state index < -0.39 is 0 Å². The van der Waals surface area contributed by atoms with Crippen molar-refractivity contribution in [2.75, 3.05) is 7.11 Å². The van der Waals surface area contributed by atoms with Gasteiger partial charge in [0.2, 0.25) is 0 Å².